The molecule has 0 spiro atoms. The lowest BCUT2D eigenvalue weighted by atomic mass is 10.1. The van der Waals surface area contributed by atoms with E-state index in [0.29, 0.717) is 6.54 Å². The molecule has 0 aliphatic heterocycles. The lowest BCUT2D eigenvalue weighted by molar-refractivity contribution is -0.140. The molecule has 1 atom stereocenters. The van der Waals surface area contributed by atoms with Gasteiger partial charge in [0.2, 0.25) is 5.91 Å². The van der Waals surface area contributed by atoms with Gasteiger partial charge in [-0.05, 0) is 18.9 Å². The smallest absolute Gasteiger partial charge is 0.326 e. The van der Waals surface area contributed by atoms with Crippen LogP contribution in [0.15, 0.2) is 6.07 Å². The zero-order chi connectivity index (χ0) is 16.2. The van der Waals surface area contributed by atoms with Crippen LogP contribution in [0.5, 0.6) is 0 Å². The Morgan fingerprint density at radius 2 is 2.05 bits per heavy atom. The van der Waals surface area contributed by atoms with E-state index in [1.807, 2.05) is 20.8 Å². The topological polar surface area (TPSA) is 127 Å². The summed E-state index contributed by atoms with van der Waals surface area (Å²) in [5, 5.41) is 15.6. The van der Waals surface area contributed by atoms with Gasteiger partial charge in [0.05, 0.1) is 12.1 Å². The first-order valence-electron chi connectivity index (χ1n) is 6.66. The molecule has 0 aromatic carbocycles. The minimum atomic E-state index is -1.35. The number of aliphatic carboxylic acids is 1. The number of nitrogens with two attached hydrogens (primary N) is 1. The molecule has 0 radical (unpaired) electrons. The monoisotopic (exact) mass is 296 g/mol. The number of amides is 2. The van der Waals surface area contributed by atoms with Gasteiger partial charge >= 0.3 is 5.97 Å². The Bertz CT molecular complexity index is 550. The van der Waals surface area contributed by atoms with Crippen molar-refractivity contribution in [2.45, 2.75) is 45.7 Å². The summed E-state index contributed by atoms with van der Waals surface area (Å²) < 4.78 is 1.49. The van der Waals surface area contributed by atoms with E-state index in [2.05, 4.69) is 10.4 Å². The lowest BCUT2D eigenvalue weighted by Crippen LogP contribution is -2.43. The fraction of sp³-hybridized carbons (Fsp3) is 0.538. The molecule has 116 valence electrons. The Labute approximate surface area is 122 Å². The Morgan fingerprint density at radius 1 is 1.43 bits per heavy atom. The van der Waals surface area contributed by atoms with E-state index in [1.165, 1.54) is 4.68 Å². The average molecular weight is 296 g/mol. The minimum Gasteiger partial charge on any atom is -0.480 e. The number of hydrogen-bond acceptors (Lipinski definition) is 4. The lowest BCUT2D eigenvalue weighted by Gasteiger charge is -2.13. The molecular formula is C13H20N4O4. The molecule has 0 saturated carbocycles. The van der Waals surface area contributed by atoms with Gasteiger partial charge in [-0.15, -0.1) is 0 Å². The predicted octanol–water partition coefficient (Wildman–Crippen LogP) is 0.0848. The van der Waals surface area contributed by atoms with Gasteiger partial charge in [-0.2, -0.15) is 5.10 Å². The van der Waals surface area contributed by atoms with Crippen LogP contribution in [0.1, 0.15) is 49.3 Å². The number of aryl methyl sites for hydroxylation is 1. The Morgan fingerprint density at radius 3 is 2.48 bits per heavy atom. The number of carboxylic acid groups (broad SMARTS) is 1. The van der Waals surface area contributed by atoms with E-state index in [-0.39, 0.29) is 11.6 Å². The summed E-state index contributed by atoms with van der Waals surface area (Å²) in [6.07, 6.45) is -0.460. The highest BCUT2D eigenvalue weighted by Crippen LogP contribution is 2.14. The molecule has 0 bridgehead atoms. The number of carbonyl (C=O) groups excluding carboxylic acids is 2. The second-order valence-corrected chi connectivity index (χ2v) is 4.96. The van der Waals surface area contributed by atoms with Gasteiger partial charge in [0.25, 0.3) is 5.91 Å². The van der Waals surface area contributed by atoms with E-state index in [1.54, 1.807) is 6.07 Å². The van der Waals surface area contributed by atoms with Crippen molar-refractivity contribution in [1.82, 2.24) is 15.1 Å². The Balaban J connectivity index is 2.96. The van der Waals surface area contributed by atoms with Crippen molar-refractivity contribution in [1.29, 1.82) is 0 Å². The van der Waals surface area contributed by atoms with E-state index in [4.69, 9.17) is 10.8 Å². The summed E-state index contributed by atoms with van der Waals surface area (Å²) in [7, 11) is 0. The molecule has 4 N–H and O–H groups in total. The normalized spacial score (nSPS) is 12.2. The van der Waals surface area contributed by atoms with Crippen molar-refractivity contribution in [2.75, 3.05) is 0 Å². The zero-order valence-corrected chi connectivity index (χ0v) is 12.3. The molecule has 0 saturated heterocycles. The van der Waals surface area contributed by atoms with Gasteiger partial charge in [-0.3, -0.25) is 14.3 Å². The van der Waals surface area contributed by atoms with Crippen LogP contribution in [0.3, 0.4) is 0 Å². The van der Waals surface area contributed by atoms with Crippen molar-refractivity contribution in [3.8, 4) is 0 Å². The number of carboxylic acids is 1. The number of nitrogens with zero attached hydrogens (tertiary/aromatic N) is 2. The maximum Gasteiger partial charge on any atom is 0.326 e. The Hall–Kier alpha value is -2.38. The number of aromatic nitrogens is 2. The maximum atomic E-state index is 12.2. The van der Waals surface area contributed by atoms with Crippen LogP contribution in [-0.2, 0) is 16.1 Å². The highest BCUT2D eigenvalue weighted by Gasteiger charge is 2.25. The van der Waals surface area contributed by atoms with Gasteiger partial charge in [-0.25, -0.2) is 4.79 Å². The van der Waals surface area contributed by atoms with Gasteiger partial charge in [0.15, 0.2) is 0 Å². The fourth-order valence-corrected chi connectivity index (χ4v) is 1.78. The third-order valence-electron chi connectivity index (χ3n) is 2.93. The van der Waals surface area contributed by atoms with Gasteiger partial charge in [-0.1, -0.05) is 13.8 Å². The molecule has 1 aromatic rings. The van der Waals surface area contributed by atoms with Gasteiger partial charge in [0, 0.05) is 6.54 Å². The summed E-state index contributed by atoms with van der Waals surface area (Å²) in [6, 6.07) is 0.268. The van der Waals surface area contributed by atoms with Crippen LogP contribution >= 0.6 is 0 Å². The summed E-state index contributed by atoms with van der Waals surface area (Å²) in [5.41, 5.74) is 5.97. The SMILES string of the molecule is CCn1nc(C(C)C)cc1C(=O)NC(CC(N)=O)C(=O)O. The van der Waals surface area contributed by atoms with Crippen LogP contribution in [0.4, 0.5) is 0 Å². The number of rotatable bonds is 7. The zero-order valence-electron chi connectivity index (χ0n) is 12.3. The second kappa shape index (κ2) is 6.87. The molecule has 8 nitrogen and oxygen atoms in total. The largest absolute Gasteiger partial charge is 0.480 e. The van der Waals surface area contributed by atoms with Crippen molar-refractivity contribution in [3.63, 3.8) is 0 Å². The number of carbonyl (C=O) groups is 3. The number of primary amides is 1. The molecule has 1 rings (SSSR count). The highest BCUT2D eigenvalue weighted by atomic mass is 16.4. The Kier molecular flexibility index (Phi) is 5.45. The van der Waals surface area contributed by atoms with Crippen molar-refractivity contribution in [3.05, 3.63) is 17.5 Å². The van der Waals surface area contributed by atoms with Crippen molar-refractivity contribution >= 4 is 17.8 Å². The van der Waals surface area contributed by atoms with Crippen molar-refractivity contribution < 1.29 is 19.5 Å². The molecule has 0 fully saturated rings. The predicted molar refractivity (Wildman–Crippen MR) is 74.7 cm³/mol. The second-order valence-electron chi connectivity index (χ2n) is 4.96. The molecule has 1 heterocycles. The molecule has 8 heteroatoms. The fourth-order valence-electron chi connectivity index (χ4n) is 1.78. The molecule has 0 aliphatic carbocycles. The number of nitrogens with one attached hydrogen (secondary N) is 1. The highest BCUT2D eigenvalue weighted by molar-refractivity contribution is 5.96. The van der Waals surface area contributed by atoms with Crippen molar-refractivity contribution in [2.24, 2.45) is 5.73 Å². The van der Waals surface area contributed by atoms with Crippen LogP contribution in [0.25, 0.3) is 0 Å². The summed E-state index contributed by atoms with van der Waals surface area (Å²) in [5.74, 6) is -2.56. The van der Waals surface area contributed by atoms with E-state index in [0.717, 1.165) is 5.69 Å². The van der Waals surface area contributed by atoms with Crippen LogP contribution in [0, 0.1) is 0 Å². The first kappa shape index (κ1) is 16.7. The molecular weight excluding hydrogens is 276 g/mol. The van der Waals surface area contributed by atoms with Crippen LogP contribution < -0.4 is 11.1 Å². The van der Waals surface area contributed by atoms with E-state index in [9.17, 15) is 14.4 Å². The van der Waals surface area contributed by atoms with Crippen LogP contribution in [-0.4, -0.2) is 38.7 Å². The van der Waals surface area contributed by atoms with Crippen LogP contribution in [0.2, 0.25) is 0 Å². The first-order chi connectivity index (χ1) is 9.76. The molecule has 0 aliphatic rings. The van der Waals surface area contributed by atoms with E-state index >= 15 is 0 Å². The first-order valence-corrected chi connectivity index (χ1v) is 6.66. The van der Waals surface area contributed by atoms with E-state index < -0.39 is 30.2 Å². The number of hydrogen-bond donors (Lipinski definition) is 3. The third-order valence-corrected chi connectivity index (χ3v) is 2.93. The molecule has 21 heavy (non-hydrogen) atoms. The summed E-state index contributed by atoms with van der Waals surface area (Å²) in [4.78, 5) is 34.0. The molecule has 1 unspecified atom stereocenters. The summed E-state index contributed by atoms with van der Waals surface area (Å²) >= 11 is 0. The third kappa shape index (κ3) is 4.30. The molecule has 2 amide bonds. The standard InChI is InChI=1S/C13H20N4O4/c1-4-17-10(5-8(16-17)7(2)3)12(19)15-9(13(20)21)6-11(14)18/h5,7,9H,4,6H2,1-3H3,(H2,14,18)(H,15,19)(H,20,21). The maximum absolute atomic E-state index is 12.2. The van der Waals surface area contributed by atoms with Gasteiger partial charge in [0.1, 0.15) is 11.7 Å². The average Bonchev–Trinajstić information content (AvgIpc) is 2.81. The summed E-state index contributed by atoms with van der Waals surface area (Å²) in [6.45, 7) is 6.18. The minimum absolute atomic E-state index is 0.144. The quantitative estimate of drug-likeness (QED) is 0.656. The molecule has 1 aromatic heterocycles. The van der Waals surface area contributed by atoms with Gasteiger partial charge < -0.3 is 16.2 Å².